The first-order valence-electron chi connectivity index (χ1n) is 7.24. The van der Waals surface area contributed by atoms with Crippen molar-refractivity contribution in [2.45, 2.75) is 32.2 Å². The highest BCUT2D eigenvalue weighted by atomic mass is 16.2. The van der Waals surface area contributed by atoms with E-state index in [2.05, 4.69) is 31.0 Å². The quantitative estimate of drug-likeness (QED) is 0.541. The van der Waals surface area contributed by atoms with E-state index in [4.69, 9.17) is 0 Å². The molecule has 118 valence electrons. The highest BCUT2D eigenvalue weighted by Gasteiger charge is 2.10. The molecule has 4 N–H and O–H groups in total. The Morgan fingerprint density at radius 2 is 1.73 bits per heavy atom. The van der Waals surface area contributed by atoms with E-state index in [0.29, 0.717) is 17.9 Å². The number of amides is 2. The largest absolute Gasteiger partial charge is 0.351 e. The van der Waals surface area contributed by atoms with Gasteiger partial charge in [0.15, 0.2) is 0 Å². The summed E-state index contributed by atoms with van der Waals surface area (Å²) in [5.74, 6) is -0.310. The first-order chi connectivity index (χ1) is 10.7. The second kappa shape index (κ2) is 7.96. The summed E-state index contributed by atoms with van der Waals surface area (Å²) < 4.78 is 0. The van der Waals surface area contributed by atoms with Crippen LogP contribution in [0.15, 0.2) is 24.5 Å². The molecule has 0 aliphatic heterocycles. The molecule has 0 spiro atoms. The molecule has 2 aromatic rings. The zero-order valence-corrected chi connectivity index (χ0v) is 12.4. The summed E-state index contributed by atoms with van der Waals surface area (Å²) in [6, 6.07) is 3.33. The van der Waals surface area contributed by atoms with E-state index in [1.165, 1.54) is 0 Å². The van der Waals surface area contributed by atoms with Gasteiger partial charge in [-0.1, -0.05) is 0 Å². The third kappa shape index (κ3) is 4.72. The van der Waals surface area contributed by atoms with Gasteiger partial charge in [-0.2, -0.15) is 10.2 Å². The van der Waals surface area contributed by atoms with E-state index in [1.807, 2.05) is 6.92 Å². The topological polar surface area (TPSA) is 116 Å². The zero-order chi connectivity index (χ0) is 15.8. The maximum absolute atomic E-state index is 11.8. The lowest BCUT2D eigenvalue weighted by Crippen LogP contribution is -2.33. The van der Waals surface area contributed by atoms with Crippen molar-refractivity contribution in [2.24, 2.45) is 0 Å². The molecule has 8 heteroatoms. The summed E-state index contributed by atoms with van der Waals surface area (Å²) in [4.78, 5) is 23.4. The molecule has 2 amide bonds. The van der Waals surface area contributed by atoms with Gasteiger partial charge in [-0.25, -0.2) is 0 Å². The number of unbranched alkanes of at least 4 members (excludes halogenated alkanes) is 1. The molecule has 0 fully saturated rings. The van der Waals surface area contributed by atoms with Crippen molar-refractivity contribution in [3.05, 3.63) is 35.9 Å². The van der Waals surface area contributed by atoms with Crippen molar-refractivity contribution in [1.29, 1.82) is 0 Å². The van der Waals surface area contributed by atoms with Gasteiger partial charge >= 0.3 is 0 Å². The molecule has 0 aliphatic rings. The number of hydrogen-bond acceptors (Lipinski definition) is 4. The number of H-pyrrole nitrogens is 2. The molecule has 0 aromatic carbocycles. The van der Waals surface area contributed by atoms with Crippen molar-refractivity contribution in [1.82, 2.24) is 31.0 Å². The molecular formula is C14H20N6O2. The SMILES string of the molecule is C[C@H](CCCCNC(=O)c1ccn[nH]1)NC(=O)c1ccn[nH]1. The molecule has 2 heterocycles. The van der Waals surface area contributed by atoms with Gasteiger partial charge in [-0.15, -0.1) is 0 Å². The Balaban J connectivity index is 1.56. The van der Waals surface area contributed by atoms with Gasteiger partial charge in [-0.05, 0) is 38.3 Å². The molecule has 0 bridgehead atoms. The van der Waals surface area contributed by atoms with Crippen LogP contribution >= 0.6 is 0 Å². The maximum Gasteiger partial charge on any atom is 0.269 e. The Labute approximate surface area is 128 Å². The van der Waals surface area contributed by atoms with Crippen LogP contribution in [-0.2, 0) is 0 Å². The Morgan fingerprint density at radius 3 is 2.32 bits per heavy atom. The number of nitrogens with one attached hydrogen (secondary N) is 4. The van der Waals surface area contributed by atoms with Crippen LogP contribution in [0.4, 0.5) is 0 Å². The van der Waals surface area contributed by atoms with Crippen molar-refractivity contribution in [3.8, 4) is 0 Å². The number of hydrogen-bond donors (Lipinski definition) is 4. The molecule has 0 unspecified atom stereocenters. The first-order valence-corrected chi connectivity index (χ1v) is 7.24. The number of nitrogens with zero attached hydrogens (tertiary/aromatic N) is 2. The summed E-state index contributed by atoms with van der Waals surface area (Å²) in [6.45, 7) is 2.55. The Bertz CT molecular complexity index is 579. The number of carbonyl (C=O) groups is 2. The van der Waals surface area contributed by atoms with Crippen LogP contribution in [-0.4, -0.2) is 44.8 Å². The molecule has 1 atom stereocenters. The molecule has 0 saturated heterocycles. The van der Waals surface area contributed by atoms with Gasteiger partial charge in [0.05, 0.1) is 0 Å². The van der Waals surface area contributed by atoms with Crippen LogP contribution in [0.5, 0.6) is 0 Å². The fourth-order valence-electron chi connectivity index (χ4n) is 2.01. The lowest BCUT2D eigenvalue weighted by Gasteiger charge is -2.13. The molecule has 22 heavy (non-hydrogen) atoms. The minimum absolute atomic E-state index is 0.0686. The van der Waals surface area contributed by atoms with Gasteiger partial charge < -0.3 is 10.6 Å². The molecule has 8 nitrogen and oxygen atoms in total. The number of aromatic amines is 2. The van der Waals surface area contributed by atoms with Gasteiger partial charge in [0.25, 0.3) is 11.8 Å². The smallest absolute Gasteiger partial charge is 0.269 e. The van der Waals surface area contributed by atoms with E-state index in [9.17, 15) is 9.59 Å². The van der Waals surface area contributed by atoms with E-state index in [0.717, 1.165) is 19.3 Å². The molecule has 0 radical (unpaired) electrons. The lowest BCUT2D eigenvalue weighted by molar-refractivity contribution is 0.0931. The number of carbonyl (C=O) groups excluding carboxylic acids is 2. The first kappa shape index (κ1) is 15.7. The van der Waals surface area contributed by atoms with E-state index in [-0.39, 0.29) is 17.9 Å². The van der Waals surface area contributed by atoms with Crippen LogP contribution in [0, 0.1) is 0 Å². The van der Waals surface area contributed by atoms with Gasteiger partial charge in [0, 0.05) is 25.0 Å². The van der Waals surface area contributed by atoms with Crippen LogP contribution in [0.1, 0.15) is 47.2 Å². The summed E-state index contributed by atoms with van der Waals surface area (Å²) in [7, 11) is 0. The Morgan fingerprint density at radius 1 is 1.09 bits per heavy atom. The maximum atomic E-state index is 11.8. The third-order valence-electron chi connectivity index (χ3n) is 3.22. The second-order valence-corrected chi connectivity index (χ2v) is 5.07. The Hall–Kier alpha value is -2.64. The van der Waals surface area contributed by atoms with Crippen molar-refractivity contribution in [3.63, 3.8) is 0 Å². The van der Waals surface area contributed by atoms with Crippen LogP contribution < -0.4 is 10.6 Å². The Kier molecular flexibility index (Phi) is 5.70. The fraction of sp³-hybridized carbons (Fsp3) is 0.429. The molecule has 0 saturated carbocycles. The van der Waals surface area contributed by atoms with Crippen molar-refractivity contribution >= 4 is 11.8 Å². The molecule has 2 aromatic heterocycles. The predicted octanol–water partition coefficient (Wildman–Crippen LogP) is 0.851. The highest BCUT2D eigenvalue weighted by Crippen LogP contribution is 2.02. The minimum atomic E-state index is -0.155. The summed E-state index contributed by atoms with van der Waals surface area (Å²) in [5.41, 5.74) is 0.916. The zero-order valence-electron chi connectivity index (χ0n) is 12.4. The predicted molar refractivity (Wildman–Crippen MR) is 80.3 cm³/mol. The summed E-state index contributed by atoms with van der Waals surface area (Å²) in [6.07, 6.45) is 5.69. The third-order valence-corrected chi connectivity index (χ3v) is 3.22. The van der Waals surface area contributed by atoms with Crippen LogP contribution in [0.25, 0.3) is 0 Å². The minimum Gasteiger partial charge on any atom is -0.351 e. The van der Waals surface area contributed by atoms with Crippen molar-refractivity contribution in [2.75, 3.05) is 6.54 Å². The lowest BCUT2D eigenvalue weighted by atomic mass is 10.1. The highest BCUT2D eigenvalue weighted by molar-refractivity contribution is 5.92. The molecular weight excluding hydrogens is 284 g/mol. The van der Waals surface area contributed by atoms with Crippen molar-refractivity contribution < 1.29 is 9.59 Å². The van der Waals surface area contributed by atoms with E-state index < -0.39 is 0 Å². The number of aromatic nitrogens is 4. The average molecular weight is 304 g/mol. The normalized spacial score (nSPS) is 11.9. The standard InChI is InChI=1S/C14H20N6O2/c1-10(18-14(22)12-6-9-17-20-12)4-2-3-7-15-13(21)11-5-8-16-19-11/h5-6,8-10H,2-4,7H2,1H3,(H,15,21)(H,16,19)(H,17,20)(H,18,22)/t10-/m1/s1. The average Bonchev–Trinajstić information content (AvgIpc) is 3.19. The monoisotopic (exact) mass is 304 g/mol. The van der Waals surface area contributed by atoms with Crippen LogP contribution in [0.2, 0.25) is 0 Å². The van der Waals surface area contributed by atoms with E-state index >= 15 is 0 Å². The number of rotatable bonds is 8. The summed E-state index contributed by atoms with van der Waals surface area (Å²) >= 11 is 0. The molecule has 0 aliphatic carbocycles. The molecule has 2 rings (SSSR count). The van der Waals surface area contributed by atoms with Gasteiger partial charge in [0.2, 0.25) is 0 Å². The van der Waals surface area contributed by atoms with E-state index in [1.54, 1.807) is 24.5 Å². The second-order valence-electron chi connectivity index (χ2n) is 5.07. The summed E-state index contributed by atoms with van der Waals surface area (Å²) in [5, 5.41) is 18.4. The fourth-order valence-corrected chi connectivity index (χ4v) is 2.01. The van der Waals surface area contributed by atoms with Gasteiger partial charge in [0.1, 0.15) is 11.4 Å². The van der Waals surface area contributed by atoms with Crippen LogP contribution in [0.3, 0.4) is 0 Å². The van der Waals surface area contributed by atoms with Gasteiger partial charge in [-0.3, -0.25) is 19.8 Å².